The van der Waals surface area contributed by atoms with Crippen molar-refractivity contribution in [2.75, 3.05) is 6.54 Å². The van der Waals surface area contributed by atoms with E-state index in [9.17, 15) is 14.7 Å². The number of carboxylic acids is 1. The predicted molar refractivity (Wildman–Crippen MR) is 78.8 cm³/mol. The van der Waals surface area contributed by atoms with Gasteiger partial charge in [0, 0.05) is 17.8 Å². The van der Waals surface area contributed by atoms with Gasteiger partial charge in [0.1, 0.15) is 6.04 Å². The largest absolute Gasteiger partial charge is 0.480 e. The van der Waals surface area contributed by atoms with Crippen molar-refractivity contribution in [1.29, 1.82) is 0 Å². The van der Waals surface area contributed by atoms with E-state index < -0.39 is 12.0 Å². The van der Waals surface area contributed by atoms with Crippen LogP contribution in [0.4, 0.5) is 0 Å². The van der Waals surface area contributed by atoms with E-state index in [4.69, 9.17) is 0 Å². The highest BCUT2D eigenvalue weighted by Gasteiger charge is 2.44. The van der Waals surface area contributed by atoms with Gasteiger partial charge in [-0.05, 0) is 36.1 Å². The van der Waals surface area contributed by atoms with Gasteiger partial charge in [-0.25, -0.2) is 4.79 Å². The lowest BCUT2D eigenvalue weighted by Gasteiger charge is -2.44. The highest BCUT2D eigenvalue weighted by atomic mass is 32.1. The van der Waals surface area contributed by atoms with Crippen molar-refractivity contribution in [3.8, 4) is 0 Å². The number of rotatable bonds is 4. The van der Waals surface area contributed by atoms with E-state index in [-0.39, 0.29) is 11.3 Å². The minimum atomic E-state index is -0.890. The number of hydrogen-bond acceptors (Lipinski definition) is 3. The zero-order chi connectivity index (χ0) is 14.8. The smallest absolute Gasteiger partial charge is 0.326 e. The zero-order valence-corrected chi connectivity index (χ0v) is 12.8. The molecule has 20 heavy (non-hydrogen) atoms. The minimum absolute atomic E-state index is 0.0430. The molecule has 1 saturated heterocycles. The van der Waals surface area contributed by atoms with E-state index in [1.165, 1.54) is 4.88 Å². The molecular formula is C15H21NO3S. The van der Waals surface area contributed by atoms with Gasteiger partial charge in [0.15, 0.2) is 0 Å². The second-order valence-corrected chi connectivity index (χ2v) is 7.03. The van der Waals surface area contributed by atoms with E-state index in [0.717, 1.165) is 12.8 Å². The summed E-state index contributed by atoms with van der Waals surface area (Å²) in [6.07, 6.45) is 2.81. The molecule has 1 aliphatic rings. The molecule has 0 radical (unpaired) electrons. The molecule has 1 aliphatic heterocycles. The molecule has 110 valence electrons. The maximum atomic E-state index is 12.4. The van der Waals surface area contributed by atoms with Crippen molar-refractivity contribution in [2.45, 2.75) is 45.6 Å². The Morgan fingerprint density at radius 1 is 1.50 bits per heavy atom. The first-order valence-electron chi connectivity index (χ1n) is 6.96. The number of nitrogens with zero attached hydrogens (tertiary/aromatic N) is 1. The van der Waals surface area contributed by atoms with Crippen LogP contribution in [0.2, 0.25) is 0 Å². The van der Waals surface area contributed by atoms with Gasteiger partial charge in [0.25, 0.3) is 0 Å². The molecule has 0 spiro atoms. The maximum absolute atomic E-state index is 12.4. The molecule has 1 fully saturated rings. The highest BCUT2D eigenvalue weighted by molar-refractivity contribution is 7.09. The first kappa shape index (κ1) is 15.0. The van der Waals surface area contributed by atoms with Gasteiger partial charge >= 0.3 is 5.97 Å². The average Bonchev–Trinajstić information content (AvgIpc) is 2.86. The summed E-state index contributed by atoms with van der Waals surface area (Å²) in [5.41, 5.74) is -0.358. The van der Waals surface area contributed by atoms with Crippen LogP contribution >= 0.6 is 11.3 Å². The number of carboxylic acid groups (broad SMARTS) is 1. The Balaban J connectivity index is 2.04. The predicted octanol–water partition coefficient (Wildman–Crippen LogP) is 2.78. The Morgan fingerprint density at radius 2 is 2.25 bits per heavy atom. The van der Waals surface area contributed by atoms with Gasteiger partial charge in [0.2, 0.25) is 5.91 Å². The number of amides is 1. The molecule has 1 unspecified atom stereocenters. The van der Waals surface area contributed by atoms with Crippen LogP contribution in [0, 0.1) is 5.41 Å². The van der Waals surface area contributed by atoms with Gasteiger partial charge in [-0.15, -0.1) is 11.3 Å². The van der Waals surface area contributed by atoms with E-state index in [0.29, 0.717) is 19.4 Å². The molecule has 2 heterocycles. The fourth-order valence-electron chi connectivity index (χ4n) is 2.96. The first-order valence-corrected chi connectivity index (χ1v) is 7.84. The van der Waals surface area contributed by atoms with Gasteiger partial charge in [-0.3, -0.25) is 4.79 Å². The summed E-state index contributed by atoms with van der Waals surface area (Å²) in [6.45, 7) is 4.43. The molecule has 1 aromatic rings. The van der Waals surface area contributed by atoms with Crippen molar-refractivity contribution in [3.05, 3.63) is 22.4 Å². The van der Waals surface area contributed by atoms with Crippen molar-refractivity contribution in [2.24, 2.45) is 5.41 Å². The minimum Gasteiger partial charge on any atom is -0.480 e. The van der Waals surface area contributed by atoms with Gasteiger partial charge in [-0.1, -0.05) is 19.9 Å². The molecule has 2 rings (SSSR count). The Labute approximate surface area is 123 Å². The second kappa shape index (κ2) is 5.95. The van der Waals surface area contributed by atoms with Crippen molar-refractivity contribution in [1.82, 2.24) is 4.90 Å². The SMILES string of the molecule is CC1(C)CCCN(C(=O)CCc2cccs2)C1C(=O)O. The molecule has 4 nitrogen and oxygen atoms in total. The number of piperidine rings is 1. The number of aliphatic carboxylic acids is 1. The summed E-state index contributed by atoms with van der Waals surface area (Å²) < 4.78 is 0. The number of carbonyl (C=O) groups excluding carboxylic acids is 1. The Kier molecular flexibility index (Phi) is 4.48. The Hall–Kier alpha value is -1.36. The molecular weight excluding hydrogens is 274 g/mol. The number of aryl methyl sites for hydroxylation is 1. The van der Waals surface area contributed by atoms with Crippen molar-refractivity contribution in [3.63, 3.8) is 0 Å². The van der Waals surface area contributed by atoms with Crippen LogP contribution in [-0.4, -0.2) is 34.5 Å². The quantitative estimate of drug-likeness (QED) is 0.929. The van der Waals surface area contributed by atoms with E-state index in [2.05, 4.69) is 0 Å². The highest BCUT2D eigenvalue weighted by Crippen LogP contribution is 2.35. The lowest BCUT2D eigenvalue weighted by atomic mass is 9.76. The Bertz CT molecular complexity index is 481. The molecule has 1 N–H and O–H groups in total. The molecule has 5 heteroatoms. The summed E-state index contributed by atoms with van der Waals surface area (Å²) in [5, 5.41) is 11.4. The van der Waals surface area contributed by atoms with E-state index >= 15 is 0 Å². The number of thiophene rings is 1. The molecule has 0 aliphatic carbocycles. The lowest BCUT2D eigenvalue weighted by molar-refractivity contribution is -0.158. The monoisotopic (exact) mass is 295 g/mol. The van der Waals surface area contributed by atoms with Gasteiger partial charge in [0.05, 0.1) is 0 Å². The van der Waals surface area contributed by atoms with Gasteiger partial charge in [-0.2, -0.15) is 0 Å². The molecule has 1 amide bonds. The average molecular weight is 295 g/mol. The summed E-state index contributed by atoms with van der Waals surface area (Å²) in [4.78, 5) is 26.6. The van der Waals surface area contributed by atoms with Crippen LogP contribution in [-0.2, 0) is 16.0 Å². The molecule has 0 aromatic carbocycles. The molecule has 0 saturated carbocycles. The number of likely N-dealkylation sites (tertiary alicyclic amines) is 1. The first-order chi connectivity index (χ1) is 9.42. The van der Waals surface area contributed by atoms with Crippen molar-refractivity contribution < 1.29 is 14.7 Å². The van der Waals surface area contributed by atoms with Crippen LogP contribution < -0.4 is 0 Å². The van der Waals surface area contributed by atoms with Crippen LogP contribution in [0.5, 0.6) is 0 Å². The third kappa shape index (κ3) is 3.20. The summed E-state index contributed by atoms with van der Waals surface area (Å²) in [5.74, 6) is -0.933. The normalized spacial score (nSPS) is 21.7. The number of hydrogen-bond donors (Lipinski definition) is 1. The van der Waals surface area contributed by atoms with E-state index in [1.807, 2.05) is 31.4 Å². The molecule has 1 atom stereocenters. The van der Waals surface area contributed by atoms with E-state index in [1.54, 1.807) is 16.2 Å². The van der Waals surface area contributed by atoms with Crippen LogP contribution in [0.15, 0.2) is 17.5 Å². The fourth-order valence-corrected chi connectivity index (χ4v) is 3.67. The van der Waals surface area contributed by atoms with Gasteiger partial charge < -0.3 is 10.0 Å². The second-order valence-electron chi connectivity index (χ2n) is 6.00. The standard InChI is InChI=1S/C15H21NO3S/c1-15(2)8-4-9-16(13(15)14(18)19)12(17)7-6-11-5-3-10-20-11/h3,5,10,13H,4,6-9H2,1-2H3,(H,18,19). The summed E-state index contributed by atoms with van der Waals surface area (Å²) >= 11 is 1.63. The molecule has 0 bridgehead atoms. The molecule has 1 aromatic heterocycles. The topological polar surface area (TPSA) is 57.6 Å². The summed E-state index contributed by atoms with van der Waals surface area (Å²) in [6, 6.07) is 3.27. The lowest BCUT2D eigenvalue weighted by Crippen LogP contribution is -2.56. The third-order valence-electron chi connectivity index (χ3n) is 3.99. The fraction of sp³-hybridized carbons (Fsp3) is 0.600. The maximum Gasteiger partial charge on any atom is 0.326 e. The Morgan fingerprint density at radius 3 is 2.85 bits per heavy atom. The third-order valence-corrected chi connectivity index (χ3v) is 4.93. The van der Waals surface area contributed by atoms with Crippen LogP contribution in [0.1, 0.15) is 38.0 Å². The van der Waals surface area contributed by atoms with Crippen LogP contribution in [0.25, 0.3) is 0 Å². The van der Waals surface area contributed by atoms with Crippen molar-refractivity contribution >= 4 is 23.2 Å². The number of carbonyl (C=O) groups is 2. The zero-order valence-electron chi connectivity index (χ0n) is 12.0. The van der Waals surface area contributed by atoms with Crippen LogP contribution in [0.3, 0.4) is 0 Å². The summed E-state index contributed by atoms with van der Waals surface area (Å²) in [7, 11) is 0.